The number of amides is 2. The average Bonchev–Trinajstić information content (AvgIpc) is 3.11. The van der Waals surface area contributed by atoms with E-state index in [1.807, 2.05) is 0 Å². The van der Waals surface area contributed by atoms with E-state index < -0.39 is 41.4 Å². The number of benzene rings is 1. The maximum absolute atomic E-state index is 13.8. The first-order chi connectivity index (χ1) is 16.0. The molecule has 1 aromatic heterocycles. The van der Waals surface area contributed by atoms with Crippen molar-refractivity contribution in [1.82, 2.24) is 20.1 Å². The average molecular weight is 518 g/mol. The third-order valence-corrected chi connectivity index (χ3v) is 6.02. The van der Waals surface area contributed by atoms with E-state index in [2.05, 4.69) is 4.98 Å². The molecule has 2 N–H and O–H groups in total. The van der Waals surface area contributed by atoms with Crippen molar-refractivity contribution in [3.05, 3.63) is 41.6 Å². The maximum Gasteiger partial charge on any atom is 0.475 e. The second kappa shape index (κ2) is 7.77. The van der Waals surface area contributed by atoms with Crippen LogP contribution in [-0.2, 0) is 6.42 Å². The maximum atomic E-state index is 13.8. The Morgan fingerprint density at radius 3 is 2.20 bits per heavy atom. The van der Waals surface area contributed by atoms with Gasteiger partial charge in [-0.25, -0.2) is 4.79 Å². The van der Waals surface area contributed by atoms with Crippen molar-refractivity contribution in [2.45, 2.75) is 43.0 Å². The Hall–Kier alpha value is -2.97. The molecule has 192 valence electrons. The van der Waals surface area contributed by atoms with Crippen LogP contribution in [0, 0.1) is 0 Å². The normalized spacial score (nSPS) is 21.5. The van der Waals surface area contributed by atoms with Crippen LogP contribution in [0.15, 0.2) is 30.5 Å². The molecule has 2 amide bonds. The van der Waals surface area contributed by atoms with Gasteiger partial charge < -0.3 is 10.3 Å². The van der Waals surface area contributed by atoms with Crippen LogP contribution in [0.3, 0.4) is 0 Å². The lowest BCUT2D eigenvalue weighted by molar-refractivity contribution is -0.415. The zero-order chi connectivity index (χ0) is 26.1. The number of nitrogens with zero attached hydrogens (tertiary/aromatic N) is 2. The summed E-state index contributed by atoms with van der Waals surface area (Å²) in [6, 6.07) is -13.2. The highest BCUT2D eigenvalue weighted by atomic mass is 19.4. The van der Waals surface area contributed by atoms with Gasteiger partial charge in [0.1, 0.15) is 0 Å². The SMILES string of the molecule is CN1CC(NC(=O)N(C(F)(F)C(F)(F)F)C(F)(F)C(F)(F)F)C=C2c3cccc4[nH]cc(c34)CC21. The molecular formula is C20H16F10N4O. The van der Waals surface area contributed by atoms with Crippen molar-refractivity contribution >= 4 is 22.5 Å². The second-order valence-corrected chi connectivity index (χ2v) is 8.29. The fourth-order valence-electron chi connectivity index (χ4n) is 4.45. The minimum absolute atomic E-state index is 0.251. The lowest BCUT2D eigenvalue weighted by atomic mass is 9.81. The molecular weight excluding hydrogens is 502 g/mol. The van der Waals surface area contributed by atoms with E-state index in [-0.39, 0.29) is 12.6 Å². The Labute approximate surface area is 190 Å². The predicted molar refractivity (Wildman–Crippen MR) is 103 cm³/mol. The Morgan fingerprint density at radius 1 is 1.03 bits per heavy atom. The molecule has 4 rings (SSSR count). The number of fused-ring (bicyclic) bond motifs is 2. The minimum Gasteiger partial charge on any atom is -0.361 e. The Kier molecular flexibility index (Phi) is 5.58. The Balaban J connectivity index is 1.72. The number of carbonyl (C=O) groups excluding carboxylic acids is 1. The lowest BCUT2D eigenvalue weighted by Crippen LogP contribution is -2.69. The summed E-state index contributed by atoms with van der Waals surface area (Å²) in [6.07, 6.45) is -10.3. The smallest absolute Gasteiger partial charge is 0.361 e. The quantitative estimate of drug-likeness (QED) is 0.439. The molecule has 0 radical (unpaired) electrons. The van der Waals surface area contributed by atoms with Crippen LogP contribution in [0.2, 0.25) is 0 Å². The van der Waals surface area contributed by atoms with Gasteiger partial charge in [-0.2, -0.15) is 48.8 Å². The van der Waals surface area contributed by atoms with Gasteiger partial charge in [0, 0.05) is 29.7 Å². The van der Waals surface area contributed by atoms with Gasteiger partial charge in [-0.15, -0.1) is 0 Å². The first-order valence-electron chi connectivity index (χ1n) is 9.98. The van der Waals surface area contributed by atoms with Gasteiger partial charge in [-0.3, -0.25) is 4.90 Å². The van der Waals surface area contributed by atoms with Crippen LogP contribution in [0.4, 0.5) is 48.7 Å². The summed E-state index contributed by atoms with van der Waals surface area (Å²) >= 11 is 0. The van der Waals surface area contributed by atoms with Crippen LogP contribution < -0.4 is 5.32 Å². The van der Waals surface area contributed by atoms with Crippen molar-refractivity contribution in [2.75, 3.05) is 13.6 Å². The largest absolute Gasteiger partial charge is 0.475 e. The first kappa shape index (κ1) is 25.1. The fourth-order valence-corrected chi connectivity index (χ4v) is 4.45. The van der Waals surface area contributed by atoms with Gasteiger partial charge in [0.15, 0.2) is 0 Å². The summed E-state index contributed by atoms with van der Waals surface area (Å²) in [7, 11) is 1.53. The Bertz CT molecular complexity index is 1160. The molecule has 2 atom stereocenters. The van der Waals surface area contributed by atoms with Gasteiger partial charge >= 0.3 is 30.5 Å². The van der Waals surface area contributed by atoms with E-state index in [4.69, 9.17) is 0 Å². The van der Waals surface area contributed by atoms with E-state index >= 15 is 0 Å². The number of halogens is 10. The number of nitrogens with one attached hydrogen (secondary N) is 2. The molecule has 0 saturated carbocycles. The number of rotatable bonds is 3. The molecule has 0 fully saturated rings. The monoisotopic (exact) mass is 518 g/mol. The minimum atomic E-state index is -6.91. The van der Waals surface area contributed by atoms with Gasteiger partial charge in [-0.1, -0.05) is 18.2 Å². The zero-order valence-corrected chi connectivity index (χ0v) is 17.5. The van der Waals surface area contributed by atoms with Crippen molar-refractivity contribution in [3.63, 3.8) is 0 Å². The number of likely N-dealkylation sites (N-methyl/N-ethyl adjacent to an activating group) is 1. The number of alkyl halides is 10. The molecule has 5 nitrogen and oxygen atoms in total. The zero-order valence-electron chi connectivity index (χ0n) is 17.5. The molecule has 1 aromatic carbocycles. The number of hydrogen-bond acceptors (Lipinski definition) is 2. The standard InChI is InChI=1S/C20H16F10N4O/c1-33-8-10(6-12-11-3-2-4-13-15(11)9(7-31-13)5-14(12)33)32-16(35)34(19(27,28)17(21,22)23)20(29,30)18(24,25)26/h2-4,6-7,10,14,31H,5,8H2,1H3,(H,32,35). The summed E-state index contributed by atoms with van der Waals surface area (Å²) in [5, 5.41) is 2.29. The molecule has 2 heterocycles. The number of H-pyrrole nitrogens is 1. The molecule has 1 aliphatic heterocycles. The molecule has 0 saturated heterocycles. The fraction of sp³-hybridized carbons (Fsp3) is 0.450. The number of carbonyl (C=O) groups is 1. The number of hydrogen-bond donors (Lipinski definition) is 2. The van der Waals surface area contributed by atoms with Crippen molar-refractivity contribution in [1.29, 1.82) is 0 Å². The van der Waals surface area contributed by atoms with Crippen molar-refractivity contribution in [3.8, 4) is 0 Å². The van der Waals surface area contributed by atoms with E-state index in [1.54, 1.807) is 29.3 Å². The molecule has 0 bridgehead atoms. The molecule has 2 aromatic rings. The first-order valence-corrected chi connectivity index (χ1v) is 9.98. The van der Waals surface area contributed by atoms with Gasteiger partial charge in [0.05, 0.1) is 6.04 Å². The summed E-state index contributed by atoms with van der Waals surface area (Å²) in [4.78, 5) is 14.1. The molecule has 2 aliphatic rings. The molecule has 0 spiro atoms. The van der Waals surface area contributed by atoms with E-state index in [1.165, 1.54) is 18.4 Å². The predicted octanol–water partition coefficient (Wildman–Crippen LogP) is 5.11. The summed E-state index contributed by atoms with van der Waals surface area (Å²) in [5.41, 5.74) is 2.83. The van der Waals surface area contributed by atoms with Crippen LogP contribution in [0.1, 0.15) is 11.1 Å². The highest BCUT2D eigenvalue weighted by Crippen LogP contribution is 2.48. The van der Waals surface area contributed by atoms with Crippen LogP contribution in [-0.4, -0.2) is 70.9 Å². The lowest BCUT2D eigenvalue weighted by Gasteiger charge is -2.42. The third-order valence-electron chi connectivity index (χ3n) is 6.02. The highest BCUT2D eigenvalue weighted by Gasteiger charge is 2.76. The molecule has 35 heavy (non-hydrogen) atoms. The van der Waals surface area contributed by atoms with Gasteiger partial charge in [-0.05, 0) is 36.2 Å². The van der Waals surface area contributed by atoms with E-state index in [9.17, 15) is 48.7 Å². The number of aromatic amines is 1. The summed E-state index contributed by atoms with van der Waals surface area (Å²) in [6.45, 7) is -0.251. The molecule has 2 unspecified atom stereocenters. The summed E-state index contributed by atoms with van der Waals surface area (Å²) in [5.74, 6) is 0. The third kappa shape index (κ3) is 3.89. The van der Waals surface area contributed by atoms with Crippen LogP contribution in [0.5, 0.6) is 0 Å². The second-order valence-electron chi connectivity index (χ2n) is 8.29. The number of urea groups is 1. The van der Waals surface area contributed by atoms with Gasteiger partial charge in [0.2, 0.25) is 0 Å². The highest BCUT2D eigenvalue weighted by molar-refractivity contribution is 5.98. The topological polar surface area (TPSA) is 51.4 Å². The van der Waals surface area contributed by atoms with Crippen molar-refractivity contribution < 1.29 is 48.7 Å². The molecule has 1 aliphatic carbocycles. The van der Waals surface area contributed by atoms with E-state index in [0.29, 0.717) is 17.6 Å². The Morgan fingerprint density at radius 2 is 1.63 bits per heavy atom. The van der Waals surface area contributed by atoms with Crippen LogP contribution in [0.25, 0.3) is 16.5 Å². The number of aromatic nitrogens is 1. The molecule has 15 heteroatoms. The van der Waals surface area contributed by atoms with Crippen molar-refractivity contribution in [2.24, 2.45) is 0 Å². The van der Waals surface area contributed by atoms with E-state index in [0.717, 1.165) is 16.5 Å². The van der Waals surface area contributed by atoms with Gasteiger partial charge in [0.25, 0.3) is 0 Å². The van der Waals surface area contributed by atoms with Crippen LogP contribution >= 0.6 is 0 Å². The summed E-state index contributed by atoms with van der Waals surface area (Å²) < 4.78 is 132.